The number of likely N-dealkylation sites (N-methyl/N-ethyl adjacent to an activating group) is 1. The number of hydrogen-bond donors (Lipinski definition) is 0. The minimum atomic E-state index is 0. The van der Waals surface area contributed by atoms with Crippen LogP contribution in [0.1, 0.15) is 0 Å². The standard InChI is InChI=1S/C13H16ClN3OS.ClH/c1-16-5-7-17(8-6-16)13-15-11-10(18-2)4-3-9(14)12(11)19-13;/h3-4H,5-8H2,1-2H3;1H. The molecule has 0 bridgehead atoms. The van der Waals surface area contributed by atoms with Gasteiger partial charge in [-0.3, -0.25) is 0 Å². The molecule has 0 spiro atoms. The summed E-state index contributed by atoms with van der Waals surface area (Å²) in [5, 5.41) is 1.78. The maximum absolute atomic E-state index is 6.25. The van der Waals surface area contributed by atoms with E-state index >= 15 is 0 Å². The van der Waals surface area contributed by atoms with Crippen LogP contribution in [0.25, 0.3) is 10.2 Å². The van der Waals surface area contributed by atoms with Crippen LogP contribution in [-0.4, -0.2) is 50.2 Å². The summed E-state index contributed by atoms with van der Waals surface area (Å²) in [5.74, 6) is 0.788. The van der Waals surface area contributed by atoms with Gasteiger partial charge >= 0.3 is 0 Å². The van der Waals surface area contributed by atoms with Gasteiger partial charge in [0.2, 0.25) is 0 Å². The molecule has 2 heterocycles. The number of halogens is 2. The van der Waals surface area contributed by atoms with E-state index < -0.39 is 0 Å². The fraction of sp³-hybridized carbons (Fsp3) is 0.462. The molecule has 3 rings (SSSR count). The van der Waals surface area contributed by atoms with E-state index in [1.54, 1.807) is 18.4 Å². The van der Waals surface area contributed by atoms with Gasteiger partial charge in [-0.25, -0.2) is 4.98 Å². The number of benzene rings is 1. The molecule has 1 aliphatic rings. The van der Waals surface area contributed by atoms with Gasteiger partial charge in [-0.1, -0.05) is 22.9 Å². The van der Waals surface area contributed by atoms with Crippen molar-refractivity contribution in [2.75, 3.05) is 45.2 Å². The molecule has 1 aliphatic heterocycles. The van der Waals surface area contributed by atoms with Crippen molar-refractivity contribution in [1.29, 1.82) is 0 Å². The number of ether oxygens (including phenoxy) is 1. The first kappa shape index (κ1) is 15.6. The first-order valence-electron chi connectivity index (χ1n) is 6.25. The maximum atomic E-state index is 6.25. The zero-order chi connectivity index (χ0) is 13.4. The normalized spacial score (nSPS) is 16.2. The largest absolute Gasteiger partial charge is 0.494 e. The molecule has 7 heteroatoms. The predicted octanol–water partition coefficient (Wildman–Crippen LogP) is 3.13. The molecule has 0 unspecified atom stereocenters. The van der Waals surface area contributed by atoms with Gasteiger partial charge in [0.25, 0.3) is 0 Å². The zero-order valence-corrected chi connectivity index (χ0v) is 13.8. The second-order valence-corrected chi connectivity index (χ2v) is 6.10. The van der Waals surface area contributed by atoms with Crippen LogP contribution in [0.3, 0.4) is 0 Å². The summed E-state index contributed by atoms with van der Waals surface area (Å²) < 4.78 is 6.37. The lowest BCUT2D eigenvalue weighted by atomic mass is 10.3. The first-order chi connectivity index (χ1) is 9.19. The average molecular weight is 334 g/mol. The van der Waals surface area contributed by atoms with Crippen LogP contribution in [0, 0.1) is 0 Å². The van der Waals surface area contributed by atoms with Gasteiger partial charge < -0.3 is 14.5 Å². The van der Waals surface area contributed by atoms with Gasteiger partial charge in [0, 0.05) is 26.2 Å². The summed E-state index contributed by atoms with van der Waals surface area (Å²) >= 11 is 7.90. The predicted molar refractivity (Wildman–Crippen MR) is 88.1 cm³/mol. The highest BCUT2D eigenvalue weighted by atomic mass is 35.5. The van der Waals surface area contributed by atoms with E-state index in [1.165, 1.54) is 0 Å². The molecule has 1 saturated heterocycles. The summed E-state index contributed by atoms with van der Waals surface area (Å²) in [7, 11) is 3.81. The van der Waals surface area contributed by atoms with Crippen LogP contribution in [0.5, 0.6) is 5.75 Å². The lowest BCUT2D eigenvalue weighted by Crippen LogP contribution is -2.44. The Bertz CT molecular complexity index is 597. The van der Waals surface area contributed by atoms with Gasteiger partial charge in [-0.05, 0) is 19.2 Å². The highest BCUT2D eigenvalue weighted by molar-refractivity contribution is 7.22. The van der Waals surface area contributed by atoms with Crippen molar-refractivity contribution in [3.05, 3.63) is 17.2 Å². The van der Waals surface area contributed by atoms with Crippen LogP contribution < -0.4 is 9.64 Å². The minimum absolute atomic E-state index is 0. The fourth-order valence-corrected chi connectivity index (χ4v) is 3.55. The molecule has 0 N–H and O–H groups in total. The molecule has 110 valence electrons. The number of piperazine rings is 1. The topological polar surface area (TPSA) is 28.6 Å². The number of hydrogen-bond acceptors (Lipinski definition) is 5. The minimum Gasteiger partial charge on any atom is -0.494 e. The van der Waals surface area contributed by atoms with Gasteiger partial charge in [0.1, 0.15) is 11.3 Å². The lowest BCUT2D eigenvalue weighted by Gasteiger charge is -2.32. The molecule has 0 saturated carbocycles. The summed E-state index contributed by atoms with van der Waals surface area (Å²) in [4.78, 5) is 9.36. The van der Waals surface area contributed by atoms with Crippen molar-refractivity contribution in [3.63, 3.8) is 0 Å². The van der Waals surface area contributed by atoms with Crippen molar-refractivity contribution in [3.8, 4) is 5.75 Å². The molecule has 0 atom stereocenters. The first-order valence-corrected chi connectivity index (χ1v) is 7.45. The second-order valence-electron chi connectivity index (χ2n) is 4.71. The Hall–Kier alpha value is -0.750. The molecule has 0 aliphatic carbocycles. The fourth-order valence-electron chi connectivity index (χ4n) is 2.24. The molecule has 1 aromatic carbocycles. The van der Waals surface area contributed by atoms with Crippen molar-refractivity contribution in [2.24, 2.45) is 0 Å². The smallest absolute Gasteiger partial charge is 0.186 e. The number of methoxy groups -OCH3 is 1. The third-order valence-corrected chi connectivity index (χ3v) is 5.02. The zero-order valence-electron chi connectivity index (χ0n) is 11.4. The quantitative estimate of drug-likeness (QED) is 0.844. The van der Waals surface area contributed by atoms with Crippen molar-refractivity contribution in [2.45, 2.75) is 0 Å². The van der Waals surface area contributed by atoms with Crippen molar-refractivity contribution in [1.82, 2.24) is 9.88 Å². The number of nitrogens with zero attached hydrogens (tertiary/aromatic N) is 3. The van der Waals surface area contributed by atoms with Crippen LogP contribution in [0.4, 0.5) is 5.13 Å². The van der Waals surface area contributed by atoms with Crippen molar-refractivity contribution < 1.29 is 4.74 Å². The molecular formula is C13H17Cl2N3OS. The number of aromatic nitrogens is 1. The lowest BCUT2D eigenvalue weighted by molar-refractivity contribution is 0.313. The molecular weight excluding hydrogens is 317 g/mol. The van der Waals surface area contributed by atoms with E-state index in [0.29, 0.717) is 0 Å². The van der Waals surface area contributed by atoms with Gasteiger partial charge in [0.15, 0.2) is 5.13 Å². The SMILES string of the molecule is COc1ccc(Cl)c2sc(N3CCN(C)CC3)nc12.Cl. The maximum Gasteiger partial charge on any atom is 0.186 e. The summed E-state index contributed by atoms with van der Waals surface area (Å²) in [6.07, 6.45) is 0. The summed E-state index contributed by atoms with van der Waals surface area (Å²) in [6.45, 7) is 4.16. The van der Waals surface area contributed by atoms with E-state index in [2.05, 4.69) is 16.8 Å². The molecule has 4 nitrogen and oxygen atoms in total. The summed E-state index contributed by atoms with van der Waals surface area (Å²) in [5.41, 5.74) is 0.869. The number of anilines is 1. The molecule has 2 aromatic rings. The highest BCUT2D eigenvalue weighted by Crippen LogP contribution is 2.38. The molecule has 1 aromatic heterocycles. The van der Waals surface area contributed by atoms with Crippen LogP contribution in [-0.2, 0) is 0 Å². The van der Waals surface area contributed by atoms with Crippen LogP contribution in [0.2, 0.25) is 5.02 Å². The van der Waals surface area contributed by atoms with E-state index in [1.807, 2.05) is 12.1 Å². The Morgan fingerprint density at radius 2 is 1.95 bits per heavy atom. The average Bonchev–Trinajstić information content (AvgIpc) is 2.86. The van der Waals surface area contributed by atoms with Crippen molar-refractivity contribution >= 4 is 50.7 Å². The Labute approximate surface area is 133 Å². The Morgan fingerprint density at radius 1 is 1.25 bits per heavy atom. The van der Waals surface area contributed by atoms with Gasteiger partial charge in [-0.2, -0.15) is 0 Å². The summed E-state index contributed by atoms with van der Waals surface area (Å²) in [6, 6.07) is 3.74. The van der Waals surface area contributed by atoms with E-state index in [0.717, 1.165) is 52.3 Å². The Morgan fingerprint density at radius 3 is 2.60 bits per heavy atom. The third-order valence-electron chi connectivity index (χ3n) is 3.44. The van der Waals surface area contributed by atoms with E-state index in [9.17, 15) is 0 Å². The van der Waals surface area contributed by atoms with Crippen LogP contribution in [0.15, 0.2) is 12.1 Å². The van der Waals surface area contributed by atoms with E-state index in [-0.39, 0.29) is 12.4 Å². The highest BCUT2D eigenvalue weighted by Gasteiger charge is 2.19. The second kappa shape index (κ2) is 6.35. The number of fused-ring (bicyclic) bond motifs is 1. The third kappa shape index (κ3) is 2.81. The molecule has 0 radical (unpaired) electrons. The molecule has 20 heavy (non-hydrogen) atoms. The Balaban J connectivity index is 0.00000147. The Kier molecular flexibility index (Phi) is 4.96. The van der Waals surface area contributed by atoms with Crippen LogP contribution >= 0.6 is 35.3 Å². The number of thiazole rings is 1. The monoisotopic (exact) mass is 333 g/mol. The molecule has 1 fully saturated rings. The molecule has 0 amide bonds. The van der Waals surface area contributed by atoms with Gasteiger partial charge in [-0.15, -0.1) is 12.4 Å². The van der Waals surface area contributed by atoms with E-state index in [4.69, 9.17) is 21.3 Å². The number of rotatable bonds is 2. The van der Waals surface area contributed by atoms with Gasteiger partial charge in [0.05, 0.1) is 16.8 Å².